The molecule has 0 aromatic heterocycles. The molecule has 0 heterocycles. The lowest BCUT2D eigenvalue weighted by molar-refractivity contribution is -0.111. The summed E-state index contributed by atoms with van der Waals surface area (Å²) in [5.41, 5.74) is 7.79. The Morgan fingerprint density at radius 3 is 2.29 bits per heavy atom. The first-order valence-corrected chi connectivity index (χ1v) is 14.6. The van der Waals surface area contributed by atoms with Crippen LogP contribution in [0.15, 0.2) is 118 Å². The zero-order valence-electron chi connectivity index (χ0n) is 22.4. The Bertz CT molecular complexity index is 1530. The SMILES string of the molecule is Nc1ccccc1NC(=O)/C=C/CC[C@H](Oc1ccccc1)[C@@H](OC(=O)Nc1ccccc1)c1cc(Br)cc(Br)c1O. The van der Waals surface area contributed by atoms with Gasteiger partial charge in [-0.1, -0.05) is 70.5 Å². The number of rotatable bonds is 11. The van der Waals surface area contributed by atoms with Crippen LogP contribution in [0.4, 0.5) is 21.9 Å². The number of hydrogen-bond donors (Lipinski definition) is 4. The number of para-hydroxylation sites is 4. The number of nitrogens with one attached hydrogen (secondary N) is 2. The molecule has 8 nitrogen and oxygen atoms in total. The molecular weight excluding hydrogens is 666 g/mol. The van der Waals surface area contributed by atoms with Crippen molar-refractivity contribution in [2.24, 2.45) is 0 Å². The van der Waals surface area contributed by atoms with Gasteiger partial charge in [-0.2, -0.15) is 0 Å². The lowest BCUT2D eigenvalue weighted by Crippen LogP contribution is -2.31. The lowest BCUT2D eigenvalue weighted by Gasteiger charge is -2.29. The van der Waals surface area contributed by atoms with E-state index in [0.717, 1.165) is 0 Å². The molecule has 10 heteroatoms. The maximum atomic E-state index is 13.1. The van der Waals surface area contributed by atoms with Crippen LogP contribution in [0.25, 0.3) is 0 Å². The van der Waals surface area contributed by atoms with Crippen LogP contribution in [0.3, 0.4) is 0 Å². The van der Waals surface area contributed by atoms with Crippen molar-refractivity contribution in [1.82, 2.24) is 0 Å². The molecular formula is C32H29Br2N3O5. The maximum absolute atomic E-state index is 13.1. The molecule has 0 saturated carbocycles. The quantitative estimate of drug-likeness (QED) is 0.0927. The molecule has 0 aliphatic heterocycles. The molecule has 2 amide bonds. The van der Waals surface area contributed by atoms with E-state index < -0.39 is 18.3 Å². The summed E-state index contributed by atoms with van der Waals surface area (Å²) >= 11 is 6.83. The standard InChI is InChI=1S/C32H29Br2N3O5/c33-21-19-24(30(39)25(34)20-21)31(42-32(40)36-22-11-3-1-4-12-22)28(41-23-13-5-2-6-14-23)17-9-10-18-29(38)37-27-16-8-7-15-26(27)35/h1-8,10-16,18-20,28,31,39H,9,17,35H2,(H,36,40)(H,37,38)/b18-10+/t28-,31-/m0/s1. The predicted octanol–water partition coefficient (Wildman–Crippen LogP) is 8.21. The molecule has 0 bridgehead atoms. The molecule has 42 heavy (non-hydrogen) atoms. The molecule has 0 aliphatic rings. The van der Waals surface area contributed by atoms with Crippen molar-refractivity contribution >= 4 is 60.9 Å². The number of ether oxygens (including phenoxy) is 2. The van der Waals surface area contributed by atoms with E-state index in [1.807, 2.05) is 24.3 Å². The average Bonchev–Trinajstić information content (AvgIpc) is 2.98. The number of amides is 2. The second-order valence-corrected chi connectivity index (χ2v) is 10.9. The summed E-state index contributed by atoms with van der Waals surface area (Å²) in [7, 11) is 0. The summed E-state index contributed by atoms with van der Waals surface area (Å²) < 4.78 is 13.4. The number of carbonyl (C=O) groups is 2. The second kappa shape index (κ2) is 15.1. The topological polar surface area (TPSA) is 123 Å². The van der Waals surface area contributed by atoms with Crippen LogP contribution in [0.2, 0.25) is 0 Å². The summed E-state index contributed by atoms with van der Waals surface area (Å²) in [6.07, 6.45) is 1.33. The summed E-state index contributed by atoms with van der Waals surface area (Å²) in [6, 6.07) is 28.3. The van der Waals surface area contributed by atoms with Crippen LogP contribution in [-0.4, -0.2) is 23.2 Å². The molecule has 4 rings (SSSR count). The fourth-order valence-electron chi connectivity index (χ4n) is 4.11. The van der Waals surface area contributed by atoms with Gasteiger partial charge in [-0.05, 0) is 83.4 Å². The Kier molecular flexibility index (Phi) is 11.0. The first-order chi connectivity index (χ1) is 20.3. The Hall–Kier alpha value is -4.28. The molecule has 0 saturated heterocycles. The molecule has 2 atom stereocenters. The van der Waals surface area contributed by atoms with Gasteiger partial charge in [0.2, 0.25) is 5.91 Å². The Balaban J connectivity index is 1.59. The van der Waals surface area contributed by atoms with Crippen LogP contribution < -0.4 is 21.1 Å². The van der Waals surface area contributed by atoms with Crippen LogP contribution in [-0.2, 0) is 9.53 Å². The number of phenolic OH excluding ortho intramolecular Hbond substituents is 1. The molecule has 0 unspecified atom stereocenters. The summed E-state index contributed by atoms with van der Waals surface area (Å²) in [5, 5.41) is 16.5. The van der Waals surface area contributed by atoms with Crippen LogP contribution in [0.5, 0.6) is 11.5 Å². The van der Waals surface area contributed by atoms with Crippen molar-refractivity contribution in [3.05, 3.63) is 124 Å². The van der Waals surface area contributed by atoms with E-state index in [0.29, 0.717) is 50.2 Å². The molecule has 0 spiro atoms. The number of carbonyl (C=O) groups excluding carboxylic acids is 2. The number of allylic oxidation sites excluding steroid dienone is 1. The largest absolute Gasteiger partial charge is 0.506 e. The van der Waals surface area contributed by atoms with Crippen molar-refractivity contribution in [2.75, 3.05) is 16.4 Å². The number of halogens is 2. The fraction of sp³-hybridized carbons (Fsp3) is 0.125. The van der Waals surface area contributed by atoms with Crippen molar-refractivity contribution in [2.45, 2.75) is 25.0 Å². The van der Waals surface area contributed by atoms with Gasteiger partial charge in [-0.25, -0.2) is 4.79 Å². The van der Waals surface area contributed by atoms with E-state index in [9.17, 15) is 14.7 Å². The highest BCUT2D eigenvalue weighted by molar-refractivity contribution is 9.11. The summed E-state index contributed by atoms with van der Waals surface area (Å²) in [4.78, 5) is 25.6. The molecule has 216 valence electrons. The molecule has 0 aliphatic carbocycles. The third-order valence-corrected chi connectivity index (χ3v) is 7.15. The number of nitrogens with two attached hydrogens (primary N) is 1. The Morgan fingerprint density at radius 2 is 1.57 bits per heavy atom. The molecule has 5 N–H and O–H groups in total. The van der Waals surface area contributed by atoms with Crippen LogP contribution in [0.1, 0.15) is 24.5 Å². The molecule has 4 aromatic carbocycles. The van der Waals surface area contributed by atoms with Gasteiger partial charge in [-0.3, -0.25) is 10.1 Å². The zero-order chi connectivity index (χ0) is 29.9. The normalized spacial score (nSPS) is 12.3. The maximum Gasteiger partial charge on any atom is 0.412 e. The van der Waals surface area contributed by atoms with Crippen molar-refractivity contribution in [1.29, 1.82) is 0 Å². The number of hydrogen-bond acceptors (Lipinski definition) is 6. The number of anilines is 3. The summed E-state index contributed by atoms with van der Waals surface area (Å²) in [5.74, 6) is 0.124. The molecule has 4 aromatic rings. The van der Waals surface area contributed by atoms with Gasteiger partial charge in [-0.15, -0.1) is 0 Å². The van der Waals surface area contributed by atoms with E-state index in [1.54, 1.807) is 78.9 Å². The van der Waals surface area contributed by atoms with Gasteiger partial charge in [0.1, 0.15) is 17.6 Å². The third kappa shape index (κ3) is 8.86. The number of nitrogen functional groups attached to an aromatic ring is 1. The van der Waals surface area contributed by atoms with Crippen molar-refractivity contribution in [3.8, 4) is 11.5 Å². The van der Waals surface area contributed by atoms with E-state index in [2.05, 4.69) is 42.5 Å². The van der Waals surface area contributed by atoms with E-state index in [1.165, 1.54) is 6.08 Å². The van der Waals surface area contributed by atoms with Gasteiger partial charge in [0.15, 0.2) is 6.10 Å². The van der Waals surface area contributed by atoms with E-state index >= 15 is 0 Å². The van der Waals surface area contributed by atoms with Gasteiger partial charge < -0.3 is 25.6 Å². The highest BCUT2D eigenvalue weighted by atomic mass is 79.9. The third-order valence-electron chi connectivity index (χ3n) is 6.09. The van der Waals surface area contributed by atoms with E-state index in [4.69, 9.17) is 15.2 Å². The van der Waals surface area contributed by atoms with Gasteiger partial charge >= 0.3 is 6.09 Å². The second-order valence-electron chi connectivity index (χ2n) is 9.17. The molecule has 0 fully saturated rings. The van der Waals surface area contributed by atoms with Gasteiger partial charge in [0.05, 0.1) is 15.8 Å². The van der Waals surface area contributed by atoms with Gasteiger partial charge in [0.25, 0.3) is 0 Å². The lowest BCUT2D eigenvalue weighted by atomic mass is 9.99. The monoisotopic (exact) mass is 693 g/mol. The van der Waals surface area contributed by atoms with Crippen LogP contribution >= 0.6 is 31.9 Å². The minimum Gasteiger partial charge on any atom is -0.506 e. The average molecular weight is 695 g/mol. The van der Waals surface area contributed by atoms with Gasteiger partial charge in [0, 0.05) is 15.7 Å². The Morgan fingerprint density at radius 1 is 0.905 bits per heavy atom. The minimum absolute atomic E-state index is 0.0901. The fourth-order valence-corrected chi connectivity index (χ4v) is 5.37. The predicted molar refractivity (Wildman–Crippen MR) is 172 cm³/mol. The first-order valence-electron chi connectivity index (χ1n) is 13.0. The van der Waals surface area contributed by atoms with Crippen LogP contribution in [0, 0.1) is 0 Å². The number of aromatic hydroxyl groups is 1. The van der Waals surface area contributed by atoms with Crippen molar-refractivity contribution in [3.63, 3.8) is 0 Å². The zero-order valence-corrected chi connectivity index (χ0v) is 25.5. The number of benzene rings is 4. The van der Waals surface area contributed by atoms with Crippen molar-refractivity contribution < 1.29 is 24.2 Å². The minimum atomic E-state index is -1.03. The first kappa shape index (κ1) is 30.7. The van der Waals surface area contributed by atoms with E-state index in [-0.39, 0.29) is 11.7 Å². The highest BCUT2D eigenvalue weighted by Crippen LogP contribution is 2.40. The molecule has 0 radical (unpaired) electrons. The number of phenols is 1. The smallest absolute Gasteiger partial charge is 0.412 e. The highest BCUT2D eigenvalue weighted by Gasteiger charge is 2.32. The summed E-state index contributed by atoms with van der Waals surface area (Å²) in [6.45, 7) is 0. The Labute approximate surface area is 260 Å².